The lowest BCUT2D eigenvalue weighted by Gasteiger charge is -2.11. The van der Waals surface area contributed by atoms with Gasteiger partial charge in [-0.05, 0) is 19.1 Å². The number of hydrogen-bond donors (Lipinski definition) is 2. The second-order valence-electron chi connectivity index (χ2n) is 4.88. The second kappa shape index (κ2) is 8.26. The molecule has 0 aliphatic rings. The van der Waals surface area contributed by atoms with Gasteiger partial charge in [0.15, 0.2) is 0 Å². The topological polar surface area (TPSA) is 81.1 Å². The van der Waals surface area contributed by atoms with Crippen LogP contribution in [0.25, 0.3) is 5.69 Å². The quantitative estimate of drug-likeness (QED) is 0.701. The fourth-order valence-corrected chi connectivity index (χ4v) is 1.92. The largest absolute Gasteiger partial charge is 0.383 e. The average Bonchev–Trinajstić information content (AvgIpc) is 3.02. The number of carbonyl (C=O) groups is 1. The fraction of sp³-hybridized carbons (Fsp3) is 0.400. The van der Waals surface area contributed by atoms with Gasteiger partial charge in [0.2, 0.25) is 5.91 Å². The van der Waals surface area contributed by atoms with Crippen LogP contribution in [0.1, 0.15) is 18.7 Å². The van der Waals surface area contributed by atoms with Crippen LogP contribution in [0.5, 0.6) is 0 Å². The van der Waals surface area contributed by atoms with E-state index < -0.39 is 0 Å². The maximum Gasteiger partial charge on any atom is 0.234 e. The number of ether oxygens (including phenoxy) is 1. The highest BCUT2D eigenvalue weighted by Gasteiger charge is 2.13. The highest BCUT2D eigenvalue weighted by molar-refractivity contribution is 5.78. The van der Waals surface area contributed by atoms with E-state index in [2.05, 4.69) is 20.9 Å². The van der Waals surface area contributed by atoms with Gasteiger partial charge in [-0.25, -0.2) is 4.68 Å². The van der Waals surface area contributed by atoms with E-state index in [1.54, 1.807) is 11.8 Å². The van der Waals surface area contributed by atoms with E-state index in [1.807, 2.05) is 43.5 Å². The first kappa shape index (κ1) is 16.1. The monoisotopic (exact) mass is 303 g/mol. The molecule has 0 fully saturated rings. The Morgan fingerprint density at radius 3 is 2.86 bits per heavy atom. The van der Waals surface area contributed by atoms with Crippen LogP contribution in [0.3, 0.4) is 0 Å². The molecule has 1 atom stereocenters. The van der Waals surface area contributed by atoms with Crippen molar-refractivity contribution in [2.75, 3.05) is 26.8 Å². The van der Waals surface area contributed by atoms with Crippen molar-refractivity contribution in [1.29, 1.82) is 0 Å². The molecule has 1 aromatic heterocycles. The number of nitrogens with one attached hydrogen (secondary N) is 2. The van der Waals surface area contributed by atoms with Crippen molar-refractivity contribution < 1.29 is 9.53 Å². The summed E-state index contributed by atoms with van der Waals surface area (Å²) in [4.78, 5) is 11.8. The molecule has 1 heterocycles. The molecular weight excluding hydrogens is 282 g/mol. The van der Waals surface area contributed by atoms with E-state index in [0.717, 1.165) is 5.69 Å². The van der Waals surface area contributed by atoms with Gasteiger partial charge in [0.1, 0.15) is 5.69 Å². The maximum absolute atomic E-state index is 11.8. The van der Waals surface area contributed by atoms with Crippen LogP contribution in [0.15, 0.2) is 36.5 Å². The molecule has 2 N–H and O–H groups in total. The Kier molecular flexibility index (Phi) is 6.05. The van der Waals surface area contributed by atoms with Crippen molar-refractivity contribution >= 4 is 5.91 Å². The zero-order valence-electron chi connectivity index (χ0n) is 12.8. The number of nitrogens with zero attached hydrogens (tertiary/aromatic N) is 3. The molecule has 1 unspecified atom stereocenters. The van der Waals surface area contributed by atoms with Crippen molar-refractivity contribution in [3.63, 3.8) is 0 Å². The SMILES string of the molecule is COCCNCC(=O)NC(C)c1cn(-c2ccccc2)nn1. The number of hydrogen-bond acceptors (Lipinski definition) is 5. The summed E-state index contributed by atoms with van der Waals surface area (Å²) in [7, 11) is 1.62. The Morgan fingerprint density at radius 2 is 2.14 bits per heavy atom. The summed E-state index contributed by atoms with van der Waals surface area (Å²) < 4.78 is 6.59. The smallest absolute Gasteiger partial charge is 0.234 e. The molecule has 22 heavy (non-hydrogen) atoms. The lowest BCUT2D eigenvalue weighted by Crippen LogP contribution is -2.36. The highest BCUT2D eigenvalue weighted by Crippen LogP contribution is 2.11. The van der Waals surface area contributed by atoms with Gasteiger partial charge in [-0.3, -0.25) is 4.79 Å². The van der Waals surface area contributed by atoms with Crippen LogP contribution in [-0.4, -0.2) is 47.7 Å². The van der Waals surface area contributed by atoms with Crippen molar-refractivity contribution in [1.82, 2.24) is 25.6 Å². The van der Waals surface area contributed by atoms with Gasteiger partial charge in [0.25, 0.3) is 0 Å². The third-order valence-corrected chi connectivity index (χ3v) is 3.12. The molecule has 0 bridgehead atoms. The zero-order valence-corrected chi connectivity index (χ0v) is 12.8. The Bertz CT molecular complexity index is 585. The number of benzene rings is 1. The van der Waals surface area contributed by atoms with Gasteiger partial charge < -0.3 is 15.4 Å². The van der Waals surface area contributed by atoms with E-state index in [0.29, 0.717) is 18.8 Å². The second-order valence-corrected chi connectivity index (χ2v) is 4.88. The summed E-state index contributed by atoms with van der Waals surface area (Å²) in [6, 6.07) is 9.51. The molecule has 0 saturated heterocycles. The van der Waals surface area contributed by atoms with Crippen molar-refractivity contribution in [3.05, 3.63) is 42.2 Å². The molecule has 0 aliphatic carbocycles. The van der Waals surface area contributed by atoms with Gasteiger partial charge >= 0.3 is 0 Å². The van der Waals surface area contributed by atoms with E-state index in [9.17, 15) is 4.79 Å². The van der Waals surface area contributed by atoms with Crippen LogP contribution < -0.4 is 10.6 Å². The molecule has 0 saturated carbocycles. The molecule has 0 radical (unpaired) electrons. The van der Waals surface area contributed by atoms with Gasteiger partial charge in [-0.1, -0.05) is 23.4 Å². The minimum atomic E-state index is -0.200. The Labute approximate surface area is 129 Å². The summed E-state index contributed by atoms with van der Waals surface area (Å²) >= 11 is 0. The number of rotatable bonds is 8. The molecule has 7 nitrogen and oxygen atoms in total. The lowest BCUT2D eigenvalue weighted by molar-refractivity contribution is -0.120. The van der Waals surface area contributed by atoms with E-state index in [1.165, 1.54) is 0 Å². The summed E-state index contributed by atoms with van der Waals surface area (Å²) in [5.41, 5.74) is 1.65. The standard InChI is InChI=1S/C15H21N5O2/c1-12(17-15(21)10-16-8-9-22-2)14-11-20(19-18-14)13-6-4-3-5-7-13/h3-7,11-12,16H,8-10H2,1-2H3,(H,17,21). The number of aromatic nitrogens is 3. The van der Waals surface area contributed by atoms with Crippen molar-refractivity contribution in [3.8, 4) is 5.69 Å². The lowest BCUT2D eigenvalue weighted by atomic mass is 10.2. The number of methoxy groups -OCH3 is 1. The Hall–Kier alpha value is -2.25. The van der Waals surface area contributed by atoms with Crippen molar-refractivity contribution in [2.45, 2.75) is 13.0 Å². The van der Waals surface area contributed by atoms with E-state index >= 15 is 0 Å². The number of carbonyl (C=O) groups excluding carboxylic acids is 1. The molecule has 118 valence electrons. The third kappa shape index (κ3) is 4.64. The molecule has 2 aromatic rings. The first-order valence-electron chi connectivity index (χ1n) is 7.17. The van der Waals surface area contributed by atoms with Crippen LogP contribution in [0.4, 0.5) is 0 Å². The Morgan fingerprint density at radius 1 is 1.36 bits per heavy atom. The third-order valence-electron chi connectivity index (χ3n) is 3.12. The van der Waals surface area contributed by atoms with Crippen LogP contribution in [-0.2, 0) is 9.53 Å². The first-order chi connectivity index (χ1) is 10.7. The summed E-state index contributed by atoms with van der Waals surface area (Å²) in [6.45, 7) is 3.35. The average molecular weight is 303 g/mol. The molecule has 0 aliphatic heterocycles. The molecular formula is C15H21N5O2. The molecule has 2 rings (SSSR count). The molecule has 1 amide bonds. The normalized spacial score (nSPS) is 12.1. The van der Waals surface area contributed by atoms with Gasteiger partial charge in [-0.2, -0.15) is 0 Å². The Balaban J connectivity index is 1.86. The van der Waals surface area contributed by atoms with Gasteiger partial charge in [0.05, 0.1) is 31.1 Å². The van der Waals surface area contributed by atoms with E-state index in [-0.39, 0.29) is 18.5 Å². The van der Waals surface area contributed by atoms with Crippen molar-refractivity contribution in [2.24, 2.45) is 0 Å². The van der Waals surface area contributed by atoms with Crippen LogP contribution in [0, 0.1) is 0 Å². The summed E-state index contributed by atoms with van der Waals surface area (Å²) in [5, 5.41) is 14.1. The fourth-order valence-electron chi connectivity index (χ4n) is 1.92. The molecule has 1 aromatic carbocycles. The number of amides is 1. The number of para-hydroxylation sites is 1. The molecule has 7 heteroatoms. The summed E-state index contributed by atoms with van der Waals surface area (Å²) in [6.07, 6.45) is 1.82. The maximum atomic E-state index is 11.8. The van der Waals surface area contributed by atoms with Crippen LogP contribution >= 0.6 is 0 Å². The highest BCUT2D eigenvalue weighted by atomic mass is 16.5. The minimum Gasteiger partial charge on any atom is -0.383 e. The zero-order chi connectivity index (χ0) is 15.8. The minimum absolute atomic E-state index is 0.0853. The van der Waals surface area contributed by atoms with Gasteiger partial charge in [-0.15, -0.1) is 5.10 Å². The molecule has 0 spiro atoms. The predicted molar refractivity (Wildman–Crippen MR) is 82.7 cm³/mol. The van der Waals surface area contributed by atoms with E-state index in [4.69, 9.17) is 4.74 Å². The van der Waals surface area contributed by atoms with Gasteiger partial charge in [0, 0.05) is 13.7 Å². The van der Waals surface area contributed by atoms with Crippen LogP contribution in [0.2, 0.25) is 0 Å². The summed E-state index contributed by atoms with van der Waals surface area (Å²) in [5.74, 6) is -0.0853. The first-order valence-corrected chi connectivity index (χ1v) is 7.17. The predicted octanol–water partition coefficient (Wildman–Crippen LogP) is 0.680.